The predicted molar refractivity (Wildman–Crippen MR) is 126 cm³/mol. The molecule has 4 rings (SSSR count). The molecule has 1 fully saturated rings. The second-order valence-corrected chi connectivity index (χ2v) is 9.83. The van der Waals surface area contributed by atoms with Crippen LogP contribution in [0.2, 0.25) is 0 Å². The number of rotatable bonds is 8. The Hall–Kier alpha value is -1.87. The standard InChI is InChI=1S/C27H33FOS/c1-3-5-19-6-11-21(12-7-19)22-13-8-20(9-14-22)10-16-24-18-23-15-17-25(29-4-2)26(28)27(23)30-24/h8-9,13-15,17-19,21H,3-7,10-12,16H2,1-2H3. The summed E-state index contributed by atoms with van der Waals surface area (Å²) in [6.07, 6.45) is 10.2. The molecule has 1 aromatic heterocycles. The number of hydrogen-bond acceptors (Lipinski definition) is 2. The summed E-state index contributed by atoms with van der Waals surface area (Å²) >= 11 is 1.56. The summed E-state index contributed by atoms with van der Waals surface area (Å²) in [7, 11) is 0. The van der Waals surface area contributed by atoms with E-state index in [1.54, 1.807) is 17.4 Å². The summed E-state index contributed by atoms with van der Waals surface area (Å²) in [5.41, 5.74) is 2.88. The average Bonchev–Trinajstić information content (AvgIpc) is 3.20. The van der Waals surface area contributed by atoms with Crippen LogP contribution in [0, 0.1) is 11.7 Å². The molecule has 30 heavy (non-hydrogen) atoms. The zero-order chi connectivity index (χ0) is 20.9. The van der Waals surface area contributed by atoms with Crippen molar-refractivity contribution in [1.29, 1.82) is 0 Å². The lowest BCUT2D eigenvalue weighted by atomic mass is 9.77. The van der Waals surface area contributed by atoms with Crippen molar-refractivity contribution >= 4 is 21.4 Å². The van der Waals surface area contributed by atoms with Crippen LogP contribution < -0.4 is 4.74 Å². The molecular formula is C27H33FOS. The molecule has 0 bridgehead atoms. The maximum Gasteiger partial charge on any atom is 0.182 e. The van der Waals surface area contributed by atoms with E-state index in [1.165, 1.54) is 54.5 Å². The van der Waals surface area contributed by atoms with Crippen molar-refractivity contribution in [2.24, 2.45) is 5.92 Å². The number of ether oxygens (including phenoxy) is 1. The quantitative estimate of drug-likeness (QED) is 0.353. The minimum absolute atomic E-state index is 0.219. The summed E-state index contributed by atoms with van der Waals surface area (Å²) in [5, 5.41) is 0.977. The van der Waals surface area contributed by atoms with Crippen molar-refractivity contribution < 1.29 is 9.13 Å². The molecule has 1 aliphatic rings. The maximum absolute atomic E-state index is 14.6. The maximum atomic E-state index is 14.6. The molecule has 0 radical (unpaired) electrons. The van der Waals surface area contributed by atoms with E-state index in [2.05, 4.69) is 37.3 Å². The molecule has 0 unspecified atom stereocenters. The van der Waals surface area contributed by atoms with Crippen LogP contribution in [0.3, 0.4) is 0 Å². The Bertz CT molecular complexity index is 951. The van der Waals surface area contributed by atoms with Crippen molar-refractivity contribution in [2.45, 2.75) is 71.1 Å². The van der Waals surface area contributed by atoms with Crippen LogP contribution in [0.25, 0.3) is 10.1 Å². The molecule has 3 heteroatoms. The highest BCUT2D eigenvalue weighted by Crippen LogP contribution is 2.38. The van der Waals surface area contributed by atoms with Crippen molar-refractivity contribution in [2.75, 3.05) is 6.61 Å². The first-order chi connectivity index (χ1) is 14.7. The number of benzene rings is 2. The number of hydrogen-bond donors (Lipinski definition) is 0. The van der Waals surface area contributed by atoms with Crippen molar-refractivity contribution in [3.63, 3.8) is 0 Å². The van der Waals surface area contributed by atoms with Gasteiger partial charge in [0.05, 0.1) is 11.3 Å². The molecule has 0 saturated heterocycles. The van der Waals surface area contributed by atoms with Crippen LogP contribution in [-0.4, -0.2) is 6.61 Å². The highest BCUT2D eigenvalue weighted by molar-refractivity contribution is 7.19. The Morgan fingerprint density at radius 2 is 1.73 bits per heavy atom. The SMILES string of the molecule is CCCC1CCC(c2ccc(CCc3cc4ccc(OCC)c(F)c4s3)cc2)CC1. The Morgan fingerprint density at radius 3 is 2.43 bits per heavy atom. The van der Waals surface area contributed by atoms with E-state index in [0.29, 0.717) is 17.1 Å². The van der Waals surface area contributed by atoms with E-state index >= 15 is 0 Å². The van der Waals surface area contributed by atoms with E-state index in [-0.39, 0.29) is 5.82 Å². The minimum Gasteiger partial charge on any atom is -0.491 e. The summed E-state index contributed by atoms with van der Waals surface area (Å²) < 4.78 is 20.7. The molecular weight excluding hydrogens is 391 g/mol. The van der Waals surface area contributed by atoms with Gasteiger partial charge in [0.25, 0.3) is 0 Å². The Labute approximate surface area is 184 Å². The molecule has 1 nitrogen and oxygen atoms in total. The summed E-state index contributed by atoms with van der Waals surface area (Å²) in [5.74, 6) is 1.85. The highest BCUT2D eigenvalue weighted by Gasteiger charge is 2.21. The Kier molecular flexibility index (Phi) is 7.09. The molecule has 0 spiro atoms. The first-order valence-electron chi connectivity index (χ1n) is 11.6. The molecule has 1 heterocycles. The third-order valence-electron chi connectivity index (χ3n) is 6.60. The second kappa shape index (κ2) is 9.96. The van der Waals surface area contributed by atoms with Gasteiger partial charge in [-0.05, 0) is 92.0 Å². The number of fused-ring (bicyclic) bond motifs is 1. The summed E-state index contributed by atoms with van der Waals surface area (Å²) in [6.45, 7) is 4.67. The third-order valence-corrected chi connectivity index (χ3v) is 7.80. The van der Waals surface area contributed by atoms with Gasteiger partial charge in [0.15, 0.2) is 11.6 Å². The normalized spacial score (nSPS) is 19.3. The smallest absolute Gasteiger partial charge is 0.182 e. The topological polar surface area (TPSA) is 9.23 Å². The largest absolute Gasteiger partial charge is 0.491 e. The van der Waals surface area contributed by atoms with Crippen LogP contribution in [0.15, 0.2) is 42.5 Å². The van der Waals surface area contributed by atoms with Crippen molar-refractivity contribution in [1.82, 2.24) is 0 Å². The lowest BCUT2D eigenvalue weighted by Crippen LogP contribution is -2.13. The first kappa shape index (κ1) is 21.4. The van der Waals surface area contributed by atoms with Gasteiger partial charge < -0.3 is 4.74 Å². The van der Waals surface area contributed by atoms with E-state index in [1.807, 2.05) is 13.0 Å². The molecule has 0 amide bonds. The summed E-state index contributed by atoms with van der Waals surface area (Å²) in [6, 6.07) is 15.1. The second-order valence-electron chi connectivity index (χ2n) is 8.69. The van der Waals surface area contributed by atoms with Gasteiger partial charge in [0.1, 0.15) is 0 Å². The number of aryl methyl sites for hydroxylation is 2. The zero-order valence-electron chi connectivity index (χ0n) is 18.3. The van der Waals surface area contributed by atoms with E-state index < -0.39 is 0 Å². The van der Waals surface area contributed by atoms with Gasteiger partial charge in [0.2, 0.25) is 0 Å². The fourth-order valence-electron chi connectivity index (χ4n) is 4.91. The molecule has 0 aliphatic heterocycles. The molecule has 160 valence electrons. The van der Waals surface area contributed by atoms with E-state index in [4.69, 9.17) is 4.74 Å². The zero-order valence-corrected chi connectivity index (χ0v) is 19.1. The molecule has 2 aromatic carbocycles. The van der Waals surface area contributed by atoms with Crippen molar-refractivity contribution in [3.8, 4) is 5.75 Å². The lowest BCUT2D eigenvalue weighted by Gasteiger charge is -2.28. The van der Waals surface area contributed by atoms with E-state index in [0.717, 1.165) is 30.1 Å². The lowest BCUT2D eigenvalue weighted by molar-refractivity contribution is 0.308. The predicted octanol–water partition coefficient (Wildman–Crippen LogP) is 8.30. The average molecular weight is 425 g/mol. The van der Waals surface area contributed by atoms with Gasteiger partial charge in [-0.1, -0.05) is 44.0 Å². The van der Waals surface area contributed by atoms with E-state index in [9.17, 15) is 4.39 Å². The number of halogens is 1. The first-order valence-corrected chi connectivity index (χ1v) is 12.4. The monoisotopic (exact) mass is 424 g/mol. The number of thiophene rings is 1. The van der Waals surface area contributed by atoms with Gasteiger partial charge in [-0.15, -0.1) is 11.3 Å². The molecule has 1 saturated carbocycles. The summed E-state index contributed by atoms with van der Waals surface area (Å²) in [4.78, 5) is 1.23. The highest BCUT2D eigenvalue weighted by atomic mass is 32.1. The fraction of sp³-hybridized carbons (Fsp3) is 0.481. The van der Waals surface area contributed by atoms with Gasteiger partial charge >= 0.3 is 0 Å². The van der Waals surface area contributed by atoms with Crippen LogP contribution >= 0.6 is 11.3 Å². The van der Waals surface area contributed by atoms with Crippen LogP contribution in [0.4, 0.5) is 4.39 Å². The van der Waals surface area contributed by atoms with Gasteiger partial charge in [-0.3, -0.25) is 0 Å². The van der Waals surface area contributed by atoms with Crippen LogP contribution in [0.1, 0.15) is 74.3 Å². The van der Waals surface area contributed by atoms with Gasteiger partial charge in [-0.25, -0.2) is 4.39 Å². The molecule has 0 N–H and O–H groups in total. The van der Waals surface area contributed by atoms with Crippen LogP contribution in [0.5, 0.6) is 5.75 Å². The third kappa shape index (κ3) is 4.88. The molecule has 0 atom stereocenters. The minimum atomic E-state index is -0.219. The Balaban J connectivity index is 1.36. The fourth-order valence-corrected chi connectivity index (χ4v) is 6.00. The van der Waals surface area contributed by atoms with Gasteiger partial charge in [0, 0.05) is 4.88 Å². The van der Waals surface area contributed by atoms with Crippen molar-refractivity contribution in [3.05, 3.63) is 64.3 Å². The Morgan fingerprint density at radius 1 is 0.967 bits per heavy atom. The molecule has 3 aromatic rings. The molecule has 1 aliphatic carbocycles. The van der Waals surface area contributed by atoms with Gasteiger partial charge in [-0.2, -0.15) is 0 Å². The van der Waals surface area contributed by atoms with Crippen LogP contribution in [-0.2, 0) is 12.8 Å².